The van der Waals surface area contributed by atoms with E-state index in [0.717, 1.165) is 37.2 Å². The van der Waals surface area contributed by atoms with E-state index in [0.29, 0.717) is 22.7 Å². The molecule has 0 aliphatic carbocycles. The monoisotopic (exact) mass is 457 g/mol. The van der Waals surface area contributed by atoms with Gasteiger partial charge in [-0.1, -0.05) is 36.4 Å². The number of nitrogens with zero attached hydrogens (tertiary/aromatic N) is 2. The van der Waals surface area contributed by atoms with Crippen LogP contribution in [0, 0.1) is 0 Å². The van der Waals surface area contributed by atoms with Crippen molar-refractivity contribution in [2.75, 3.05) is 37.0 Å². The number of methoxy groups -OCH3 is 1. The highest BCUT2D eigenvalue weighted by Crippen LogP contribution is 2.40. The second-order valence-corrected chi connectivity index (χ2v) is 8.38. The molecule has 3 aromatic carbocycles. The Morgan fingerprint density at radius 3 is 2.59 bits per heavy atom. The zero-order valence-corrected chi connectivity index (χ0v) is 19.1. The summed E-state index contributed by atoms with van der Waals surface area (Å²) in [6, 6.07) is 22.4. The van der Waals surface area contributed by atoms with Crippen molar-refractivity contribution in [1.82, 2.24) is 4.90 Å². The Morgan fingerprint density at radius 2 is 1.76 bits per heavy atom. The van der Waals surface area contributed by atoms with Crippen LogP contribution in [0.15, 0.2) is 72.8 Å². The summed E-state index contributed by atoms with van der Waals surface area (Å²) in [5, 5.41) is 3.50. The van der Waals surface area contributed by atoms with Crippen LogP contribution in [0.25, 0.3) is 0 Å². The molecule has 2 aliphatic rings. The third-order valence-corrected chi connectivity index (χ3v) is 6.28. The molecule has 174 valence electrons. The molecule has 0 spiro atoms. The lowest BCUT2D eigenvalue weighted by molar-refractivity contribution is -0.132. The number of ether oxygens (including phenoxy) is 2. The van der Waals surface area contributed by atoms with Crippen molar-refractivity contribution in [3.63, 3.8) is 0 Å². The highest BCUT2D eigenvalue weighted by atomic mass is 16.5. The molecule has 34 heavy (non-hydrogen) atoms. The van der Waals surface area contributed by atoms with Gasteiger partial charge in [0.1, 0.15) is 17.7 Å². The van der Waals surface area contributed by atoms with Crippen LogP contribution in [-0.2, 0) is 4.79 Å². The lowest BCUT2D eigenvalue weighted by Crippen LogP contribution is -2.43. The van der Waals surface area contributed by atoms with Crippen LogP contribution in [0.3, 0.4) is 0 Å². The summed E-state index contributed by atoms with van der Waals surface area (Å²) < 4.78 is 11.4. The molecule has 0 saturated carbocycles. The van der Waals surface area contributed by atoms with Crippen LogP contribution in [0.4, 0.5) is 11.4 Å². The number of nitrogens with one attached hydrogen (secondary N) is 1. The molecular formula is C27H27N3O4. The number of anilines is 2. The standard InChI is InChI=1S/C27H27N3O4/c1-33-20-10-8-9-19(17-20)30-26(28-23-13-4-2-11-21(23)27(30)32)22-12-3-5-14-24(22)34-18-25(31)29-15-6-7-16-29/h2-5,8-14,17,26,28H,6-7,15-16,18H2,1H3. The van der Waals surface area contributed by atoms with Gasteiger partial charge >= 0.3 is 0 Å². The maximum atomic E-state index is 13.7. The van der Waals surface area contributed by atoms with Crippen LogP contribution in [0.5, 0.6) is 11.5 Å². The largest absolute Gasteiger partial charge is 0.497 e. The maximum absolute atomic E-state index is 13.7. The molecule has 1 saturated heterocycles. The van der Waals surface area contributed by atoms with Crippen LogP contribution in [0.2, 0.25) is 0 Å². The lowest BCUT2D eigenvalue weighted by atomic mass is 10.0. The highest BCUT2D eigenvalue weighted by molar-refractivity contribution is 6.12. The van der Waals surface area contributed by atoms with Crippen LogP contribution < -0.4 is 19.7 Å². The van der Waals surface area contributed by atoms with Crippen molar-refractivity contribution in [3.05, 3.63) is 83.9 Å². The predicted molar refractivity (Wildman–Crippen MR) is 130 cm³/mol. The zero-order chi connectivity index (χ0) is 23.5. The van der Waals surface area contributed by atoms with Crippen molar-refractivity contribution in [2.24, 2.45) is 0 Å². The Morgan fingerprint density at radius 1 is 1.00 bits per heavy atom. The van der Waals surface area contributed by atoms with Crippen molar-refractivity contribution in [1.29, 1.82) is 0 Å². The van der Waals surface area contributed by atoms with Gasteiger partial charge in [0.25, 0.3) is 11.8 Å². The van der Waals surface area contributed by atoms with Crippen molar-refractivity contribution in [2.45, 2.75) is 19.0 Å². The predicted octanol–water partition coefficient (Wildman–Crippen LogP) is 4.47. The zero-order valence-electron chi connectivity index (χ0n) is 19.1. The van der Waals surface area contributed by atoms with Crippen LogP contribution in [-0.4, -0.2) is 43.5 Å². The summed E-state index contributed by atoms with van der Waals surface area (Å²) in [5.74, 6) is 1.07. The van der Waals surface area contributed by atoms with Gasteiger partial charge in [0.15, 0.2) is 6.61 Å². The first-order valence-electron chi connectivity index (χ1n) is 11.5. The van der Waals surface area contributed by atoms with Gasteiger partial charge in [-0.25, -0.2) is 0 Å². The number of benzene rings is 3. The van der Waals surface area contributed by atoms with Crippen molar-refractivity contribution < 1.29 is 19.1 Å². The number of hydrogen-bond donors (Lipinski definition) is 1. The number of hydrogen-bond acceptors (Lipinski definition) is 5. The molecule has 0 radical (unpaired) electrons. The number of fused-ring (bicyclic) bond motifs is 1. The molecule has 1 fully saturated rings. The third kappa shape index (κ3) is 4.17. The normalized spacial score (nSPS) is 17.2. The van der Waals surface area contributed by atoms with Gasteiger partial charge in [-0.05, 0) is 43.2 Å². The second-order valence-electron chi connectivity index (χ2n) is 8.38. The van der Waals surface area contributed by atoms with E-state index in [1.807, 2.05) is 77.7 Å². The summed E-state index contributed by atoms with van der Waals surface area (Å²) in [5.41, 5.74) is 2.80. The van der Waals surface area contributed by atoms with Gasteiger partial charge in [-0.15, -0.1) is 0 Å². The van der Waals surface area contributed by atoms with Gasteiger partial charge in [0, 0.05) is 30.4 Å². The lowest BCUT2D eigenvalue weighted by Gasteiger charge is -2.38. The molecule has 7 heteroatoms. The Hall–Kier alpha value is -4.00. The Balaban J connectivity index is 1.51. The van der Waals surface area contributed by atoms with Crippen molar-refractivity contribution in [3.8, 4) is 11.5 Å². The molecule has 0 aromatic heterocycles. The summed E-state index contributed by atoms with van der Waals surface area (Å²) in [7, 11) is 1.60. The minimum atomic E-state index is -0.535. The van der Waals surface area contributed by atoms with E-state index in [2.05, 4.69) is 5.32 Å². The smallest absolute Gasteiger partial charge is 0.262 e. The quantitative estimate of drug-likeness (QED) is 0.592. The fraction of sp³-hybridized carbons (Fsp3) is 0.259. The first-order valence-corrected chi connectivity index (χ1v) is 11.5. The molecule has 0 bridgehead atoms. The number of carbonyl (C=O) groups is 2. The van der Waals surface area contributed by atoms with Gasteiger partial charge in [0.05, 0.1) is 18.4 Å². The van der Waals surface area contributed by atoms with Crippen LogP contribution in [0.1, 0.15) is 34.9 Å². The van der Waals surface area contributed by atoms with E-state index >= 15 is 0 Å². The number of rotatable bonds is 6. The third-order valence-electron chi connectivity index (χ3n) is 6.28. The van der Waals surface area contributed by atoms with Gasteiger partial charge in [-0.2, -0.15) is 0 Å². The van der Waals surface area contributed by atoms with Gasteiger partial charge in [0.2, 0.25) is 0 Å². The van der Waals surface area contributed by atoms with Gasteiger partial charge < -0.3 is 19.7 Å². The minimum Gasteiger partial charge on any atom is -0.497 e. The topological polar surface area (TPSA) is 71.1 Å². The van der Waals surface area contributed by atoms with Gasteiger partial charge in [-0.3, -0.25) is 14.5 Å². The highest BCUT2D eigenvalue weighted by Gasteiger charge is 2.35. The summed E-state index contributed by atoms with van der Waals surface area (Å²) in [4.78, 5) is 29.8. The van der Waals surface area contributed by atoms with E-state index in [4.69, 9.17) is 9.47 Å². The van der Waals surface area contributed by atoms with Crippen LogP contribution >= 0.6 is 0 Å². The molecule has 1 unspecified atom stereocenters. The molecule has 2 amide bonds. The molecular weight excluding hydrogens is 430 g/mol. The van der Waals surface area contributed by atoms with E-state index in [1.54, 1.807) is 12.0 Å². The molecule has 2 aliphatic heterocycles. The summed E-state index contributed by atoms with van der Waals surface area (Å²) in [6.07, 6.45) is 1.53. The Kier molecular flexibility index (Phi) is 6.08. The average molecular weight is 458 g/mol. The number of para-hydroxylation sites is 2. The molecule has 1 N–H and O–H groups in total. The van der Waals surface area contributed by atoms with E-state index < -0.39 is 6.17 Å². The Labute approximate surface area is 198 Å². The Bertz CT molecular complexity index is 1210. The maximum Gasteiger partial charge on any atom is 0.262 e. The number of likely N-dealkylation sites (tertiary alicyclic amines) is 1. The summed E-state index contributed by atoms with van der Waals surface area (Å²) in [6.45, 7) is 1.53. The molecule has 2 heterocycles. The van der Waals surface area contributed by atoms with E-state index in [-0.39, 0.29) is 18.4 Å². The van der Waals surface area contributed by atoms with E-state index in [1.165, 1.54) is 0 Å². The molecule has 3 aromatic rings. The number of carbonyl (C=O) groups excluding carboxylic acids is 2. The molecule has 1 atom stereocenters. The van der Waals surface area contributed by atoms with E-state index in [9.17, 15) is 9.59 Å². The number of amides is 2. The average Bonchev–Trinajstić information content (AvgIpc) is 3.43. The molecule has 7 nitrogen and oxygen atoms in total. The fourth-order valence-electron chi connectivity index (χ4n) is 4.53. The summed E-state index contributed by atoms with van der Waals surface area (Å²) >= 11 is 0. The molecule has 5 rings (SSSR count). The first kappa shape index (κ1) is 21.8. The minimum absolute atomic E-state index is 0.0185. The van der Waals surface area contributed by atoms with Crippen molar-refractivity contribution >= 4 is 23.2 Å². The second kappa shape index (κ2) is 9.47. The SMILES string of the molecule is COc1cccc(N2C(=O)c3ccccc3NC2c2ccccc2OCC(=O)N2CCCC2)c1. The fourth-order valence-corrected chi connectivity index (χ4v) is 4.53. The first-order chi connectivity index (χ1) is 16.7.